The molecule has 0 aromatic carbocycles. The number of pyridine rings is 1. The first-order chi connectivity index (χ1) is 13.2. The Morgan fingerprint density at radius 3 is 2.89 bits per heavy atom. The monoisotopic (exact) mass is 448 g/mol. The molecule has 0 saturated heterocycles. The first-order valence-corrected chi connectivity index (χ1v) is 10.6. The Morgan fingerprint density at radius 2 is 2.11 bits per heavy atom. The predicted octanol–water partition coefficient (Wildman–Crippen LogP) is 3.29. The minimum Gasteiger partial charge on any atom is -0.378 e. The molecule has 0 radical (unpaired) electrons. The van der Waals surface area contributed by atoms with Crippen LogP contribution in [0.2, 0.25) is 0 Å². The van der Waals surface area contributed by atoms with Gasteiger partial charge in [0.25, 0.3) is 0 Å². The second-order valence-electron chi connectivity index (χ2n) is 6.69. The highest BCUT2D eigenvalue weighted by atomic mass is 79.9. The molecule has 3 N–H and O–H groups in total. The molecular weight excluding hydrogens is 428 g/mol. The summed E-state index contributed by atoms with van der Waals surface area (Å²) < 4.78 is 7.66. The summed E-state index contributed by atoms with van der Waals surface area (Å²) in [5.74, 6) is 0.736. The smallest absolute Gasteiger partial charge is 0.170 e. The molecule has 0 amide bonds. The van der Waals surface area contributed by atoms with Crippen LogP contribution in [0.4, 0.5) is 5.82 Å². The zero-order valence-corrected chi connectivity index (χ0v) is 17.2. The molecule has 0 aliphatic heterocycles. The number of aromatic nitrogens is 4. The second-order valence-corrected chi connectivity index (χ2v) is 8.59. The summed E-state index contributed by atoms with van der Waals surface area (Å²) in [6.45, 7) is 1.38. The molecular formula is C18H21BrN6OS. The standard InChI is InChI=1S/C18H21BrN6OS/c19-15-14(9-12(20)5-8-26-13-1-2-13)27-17-16(15)23-25-24-18(17)22-10-11-3-6-21-7-4-11/h3-4,6-7,12-13H,1-2,5,8-10,20H2,(H,22,23,24)/t12-/m0/s1. The van der Waals surface area contributed by atoms with Crippen LogP contribution in [0.15, 0.2) is 29.0 Å². The van der Waals surface area contributed by atoms with E-state index in [0.717, 1.165) is 50.4 Å². The molecule has 1 fully saturated rings. The van der Waals surface area contributed by atoms with Crippen molar-refractivity contribution in [3.05, 3.63) is 39.4 Å². The zero-order valence-electron chi connectivity index (χ0n) is 14.8. The van der Waals surface area contributed by atoms with Gasteiger partial charge in [-0.1, -0.05) is 0 Å². The molecule has 1 aliphatic rings. The molecule has 3 heterocycles. The number of nitrogens with zero attached hydrogens (tertiary/aromatic N) is 4. The average molecular weight is 449 g/mol. The van der Waals surface area contributed by atoms with Crippen LogP contribution >= 0.6 is 27.3 Å². The Morgan fingerprint density at radius 1 is 1.30 bits per heavy atom. The fourth-order valence-corrected chi connectivity index (χ4v) is 4.74. The van der Waals surface area contributed by atoms with E-state index in [1.807, 2.05) is 12.1 Å². The van der Waals surface area contributed by atoms with Crippen molar-refractivity contribution in [1.82, 2.24) is 20.4 Å². The maximum absolute atomic E-state index is 6.31. The lowest BCUT2D eigenvalue weighted by Crippen LogP contribution is -2.24. The van der Waals surface area contributed by atoms with Gasteiger partial charge in [-0.3, -0.25) is 4.98 Å². The highest BCUT2D eigenvalue weighted by Gasteiger charge is 2.22. The Hall–Kier alpha value is -1.68. The summed E-state index contributed by atoms with van der Waals surface area (Å²) in [5.41, 5.74) is 8.26. The van der Waals surface area contributed by atoms with Crippen molar-refractivity contribution in [3.63, 3.8) is 0 Å². The topological polar surface area (TPSA) is 98.8 Å². The summed E-state index contributed by atoms with van der Waals surface area (Å²) in [6.07, 6.45) is 8.05. The third-order valence-electron chi connectivity index (χ3n) is 4.42. The normalized spacial score (nSPS) is 15.2. The SMILES string of the molecule is N[C@@H](CCOC1CC1)Cc1sc2c(NCc3ccncc3)nnnc2c1Br. The number of halogens is 1. The quantitative estimate of drug-likeness (QED) is 0.517. The number of nitrogens with one attached hydrogen (secondary N) is 1. The van der Waals surface area contributed by atoms with E-state index in [4.69, 9.17) is 10.5 Å². The molecule has 3 aromatic rings. The highest BCUT2D eigenvalue weighted by molar-refractivity contribution is 9.10. The van der Waals surface area contributed by atoms with Gasteiger partial charge in [0.2, 0.25) is 0 Å². The van der Waals surface area contributed by atoms with Crippen LogP contribution in [0, 0.1) is 0 Å². The van der Waals surface area contributed by atoms with Gasteiger partial charge in [-0.05, 0) is 64.5 Å². The molecule has 27 heavy (non-hydrogen) atoms. The lowest BCUT2D eigenvalue weighted by Gasteiger charge is -2.10. The number of anilines is 1. The number of nitrogens with two attached hydrogens (primary N) is 1. The van der Waals surface area contributed by atoms with Crippen molar-refractivity contribution < 1.29 is 4.74 Å². The average Bonchev–Trinajstić information content (AvgIpc) is 3.45. The molecule has 1 atom stereocenters. The lowest BCUT2D eigenvalue weighted by molar-refractivity contribution is 0.113. The summed E-state index contributed by atoms with van der Waals surface area (Å²) in [6, 6.07) is 4.00. The van der Waals surface area contributed by atoms with Crippen LogP contribution < -0.4 is 11.1 Å². The number of hydrogen-bond donors (Lipinski definition) is 2. The first-order valence-electron chi connectivity index (χ1n) is 9.01. The summed E-state index contributed by atoms with van der Waals surface area (Å²) in [4.78, 5) is 5.20. The number of thiophene rings is 1. The van der Waals surface area contributed by atoms with E-state index in [1.165, 1.54) is 12.8 Å². The first kappa shape index (κ1) is 18.7. The van der Waals surface area contributed by atoms with Crippen molar-refractivity contribution in [3.8, 4) is 0 Å². The van der Waals surface area contributed by atoms with E-state index < -0.39 is 0 Å². The maximum atomic E-state index is 6.31. The van der Waals surface area contributed by atoms with E-state index in [0.29, 0.717) is 12.6 Å². The van der Waals surface area contributed by atoms with Gasteiger partial charge in [0, 0.05) is 36.5 Å². The third kappa shape index (κ3) is 4.78. The Bertz CT molecular complexity index is 902. The van der Waals surface area contributed by atoms with E-state index in [-0.39, 0.29) is 6.04 Å². The van der Waals surface area contributed by atoms with Crippen LogP contribution in [0.25, 0.3) is 10.2 Å². The fraction of sp³-hybridized carbons (Fsp3) is 0.444. The largest absolute Gasteiger partial charge is 0.378 e. The van der Waals surface area contributed by atoms with Crippen molar-refractivity contribution in [2.45, 2.75) is 44.4 Å². The third-order valence-corrected chi connectivity index (χ3v) is 6.75. The number of hydrogen-bond acceptors (Lipinski definition) is 8. The summed E-state index contributed by atoms with van der Waals surface area (Å²) in [7, 11) is 0. The van der Waals surface area contributed by atoms with Gasteiger partial charge < -0.3 is 15.8 Å². The highest BCUT2D eigenvalue weighted by Crippen LogP contribution is 2.37. The molecule has 3 aromatic heterocycles. The van der Waals surface area contributed by atoms with Crippen LogP contribution in [0.5, 0.6) is 0 Å². The Kier molecular flexibility index (Phi) is 5.92. The number of fused-ring (bicyclic) bond motifs is 1. The fourth-order valence-electron chi connectivity index (χ4n) is 2.75. The van der Waals surface area contributed by atoms with Crippen LogP contribution in [-0.2, 0) is 17.7 Å². The van der Waals surface area contributed by atoms with Gasteiger partial charge in [-0.2, -0.15) is 0 Å². The van der Waals surface area contributed by atoms with Crippen molar-refractivity contribution in [1.29, 1.82) is 0 Å². The molecule has 0 spiro atoms. The van der Waals surface area contributed by atoms with Gasteiger partial charge in [-0.25, -0.2) is 0 Å². The molecule has 7 nitrogen and oxygen atoms in total. The van der Waals surface area contributed by atoms with E-state index in [9.17, 15) is 0 Å². The van der Waals surface area contributed by atoms with Crippen molar-refractivity contribution in [2.75, 3.05) is 11.9 Å². The summed E-state index contributed by atoms with van der Waals surface area (Å²) in [5, 5.41) is 15.6. The molecule has 0 bridgehead atoms. The zero-order chi connectivity index (χ0) is 18.6. The maximum Gasteiger partial charge on any atom is 0.170 e. The van der Waals surface area contributed by atoms with Crippen LogP contribution in [0.1, 0.15) is 29.7 Å². The Labute approximate surface area is 169 Å². The van der Waals surface area contributed by atoms with Crippen molar-refractivity contribution in [2.24, 2.45) is 5.73 Å². The van der Waals surface area contributed by atoms with E-state index in [1.54, 1.807) is 23.7 Å². The lowest BCUT2D eigenvalue weighted by atomic mass is 10.1. The van der Waals surface area contributed by atoms with Crippen molar-refractivity contribution >= 4 is 43.3 Å². The van der Waals surface area contributed by atoms with E-state index >= 15 is 0 Å². The van der Waals surface area contributed by atoms with Gasteiger partial charge in [0.1, 0.15) is 10.2 Å². The van der Waals surface area contributed by atoms with Gasteiger partial charge >= 0.3 is 0 Å². The molecule has 0 unspecified atom stereocenters. The second kappa shape index (κ2) is 8.55. The Balaban J connectivity index is 1.45. The summed E-state index contributed by atoms with van der Waals surface area (Å²) >= 11 is 5.33. The van der Waals surface area contributed by atoms with Crippen LogP contribution in [-0.4, -0.2) is 39.1 Å². The number of rotatable bonds is 9. The van der Waals surface area contributed by atoms with Gasteiger partial charge in [0.15, 0.2) is 5.82 Å². The van der Waals surface area contributed by atoms with Gasteiger partial charge in [-0.15, -0.1) is 21.5 Å². The molecule has 1 saturated carbocycles. The minimum atomic E-state index is 0.0576. The van der Waals surface area contributed by atoms with Gasteiger partial charge in [0.05, 0.1) is 10.6 Å². The molecule has 9 heteroatoms. The van der Waals surface area contributed by atoms with E-state index in [2.05, 4.69) is 41.6 Å². The predicted molar refractivity (Wildman–Crippen MR) is 110 cm³/mol. The molecule has 1 aliphatic carbocycles. The minimum absolute atomic E-state index is 0.0576. The van der Waals surface area contributed by atoms with Crippen LogP contribution in [0.3, 0.4) is 0 Å². The molecule has 4 rings (SSSR count). The number of ether oxygens (including phenoxy) is 1. The molecule has 142 valence electrons.